The van der Waals surface area contributed by atoms with Gasteiger partial charge >= 0.3 is 0 Å². The van der Waals surface area contributed by atoms with Crippen LogP contribution in [0.5, 0.6) is 11.5 Å². The van der Waals surface area contributed by atoms with Gasteiger partial charge in [-0.1, -0.05) is 6.07 Å². The van der Waals surface area contributed by atoms with Gasteiger partial charge in [0.05, 0.1) is 35.2 Å². The Labute approximate surface area is 205 Å². The second kappa shape index (κ2) is 10.4. The molecule has 0 saturated carbocycles. The number of rotatable bonds is 9. The van der Waals surface area contributed by atoms with Crippen LogP contribution >= 0.6 is 11.3 Å². The van der Waals surface area contributed by atoms with Gasteiger partial charge < -0.3 is 24.7 Å². The van der Waals surface area contributed by atoms with Crippen molar-refractivity contribution in [2.24, 2.45) is 0 Å². The quantitative estimate of drug-likeness (QED) is 0.361. The summed E-state index contributed by atoms with van der Waals surface area (Å²) < 4.78 is 27.1. The lowest BCUT2D eigenvalue weighted by molar-refractivity contribution is 0.0963. The number of carbonyl (C=O) groups excluding carboxylic acids is 1. The number of hydrogen-bond acceptors (Lipinski definition) is 8. The van der Waals surface area contributed by atoms with E-state index in [1.54, 1.807) is 35.9 Å². The first kappa shape index (κ1) is 24.0. The van der Waals surface area contributed by atoms with Gasteiger partial charge in [0, 0.05) is 32.3 Å². The fraction of sp³-hybridized carbons (Fsp3) is 0.250. The zero-order valence-corrected chi connectivity index (χ0v) is 20.2. The summed E-state index contributed by atoms with van der Waals surface area (Å²) in [6.45, 7) is 3.07. The Balaban J connectivity index is 1.56. The number of nitriles is 1. The molecule has 0 atom stereocenters. The van der Waals surface area contributed by atoms with Crippen molar-refractivity contribution in [3.8, 4) is 28.1 Å². The average molecular weight is 495 g/mol. The molecule has 9 nitrogen and oxygen atoms in total. The topological polar surface area (TPSA) is 114 Å². The van der Waals surface area contributed by atoms with Crippen molar-refractivity contribution in [1.82, 2.24) is 19.9 Å². The standard InChI is InChI=1S/C24H23FN6O3S/c1-4-34-18-11-19(35-23(18)24(32)27-2)15-10-20(30-13-29-15)28-8-9-31-16-7-5-6-14(25)21(16)22(33-3)17(31)12-26/h5-7,10-11,13H,4,8-9H2,1-3H3,(H,27,32)(H,28,29,30). The minimum absolute atomic E-state index is 0.222. The number of ether oxygens (including phenoxy) is 2. The van der Waals surface area contributed by atoms with E-state index in [9.17, 15) is 14.4 Å². The molecule has 0 unspecified atom stereocenters. The number of amides is 1. The lowest BCUT2D eigenvalue weighted by Gasteiger charge is -2.09. The van der Waals surface area contributed by atoms with Crippen molar-refractivity contribution in [2.45, 2.75) is 13.5 Å². The minimum atomic E-state index is -0.443. The van der Waals surface area contributed by atoms with Crippen LogP contribution in [0.15, 0.2) is 36.7 Å². The van der Waals surface area contributed by atoms with Crippen LogP contribution in [0.4, 0.5) is 10.2 Å². The fourth-order valence-electron chi connectivity index (χ4n) is 3.79. The molecular formula is C24H23FN6O3S. The summed E-state index contributed by atoms with van der Waals surface area (Å²) in [5.74, 6) is 0.623. The summed E-state index contributed by atoms with van der Waals surface area (Å²) in [7, 11) is 2.99. The summed E-state index contributed by atoms with van der Waals surface area (Å²) in [6.07, 6.45) is 1.43. The molecular weight excluding hydrogens is 471 g/mol. The fourth-order valence-corrected chi connectivity index (χ4v) is 4.80. The Morgan fingerprint density at radius 2 is 2.14 bits per heavy atom. The number of anilines is 1. The smallest absolute Gasteiger partial charge is 0.264 e. The average Bonchev–Trinajstić information content (AvgIpc) is 3.43. The molecule has 0 spiro atoms. The lowest BCUT2D eigenvalue weighted by atomic mass is 10.2. The van der Waals surface area contributed by atoms with Crippen LogP contribution in [0.2, 0.25) is 0 Å². The SMILES string of the molecule is CCOc1cc(-c2cc(NCCn3c(C#N)c(OC)c4c(F)cccc43)ncn2)sc1C(=O)NC. The minimum Gasteiger partial charge on any atom is -0.493 e. The van der Waals surface area contributed by atoms with Crippen LogP contribution in [0, 0.1) is 17.1 Å². The van der Waals surface area contributed by atoms with Crippen molar-refractivity contribution < 1.29 is 18.7 Å². The highest BCUT2D eigenvalue weighted by molar-refractivity contribution is 7.17. The van der Waals surface area contributed by atoms with Crippen LogP contribution in [-0.4, -0.2) is 47.8 Å². The molecule has 3 heterocycles. The number of nitrogens with one attached hydrogen (secondary N) is 2. The highest BCUT2D eigenvalue weighted by atomic mass is 32.1. The molecule has 0 aliphatic carbocycles. The van der Waals surface area contributed by atoms with Crippen molar-refractivity contribution in [1.29, 1.82) is 5.26 Å². The highest BCUT2D eigenvalue weighted by Crippen LogP contribution is 2.36. The summed E-state index contributed by atoms with van der Waals surface area (Å²) in [4.78, 5) is 22.0. The largest absolute Gasteiger partial charge is 0.493 e. The Morgan fingerprint density at radius 3 is 2.86 bits per heavy atom. The van der Waals surface area contributed by atoms with E-state index in [2.05, 4.69) is 26.7 Å². The maximum atomic E-state index is 14.4. The van der Waals surface area contributed by atoms with E-state index in [0.717, 1.165) is 4.88 Å². The Hall–Kier alpha value is -4.17. The molecule has 0 bridgehead atoms. The summed E-state index contributed by atoms with van der Waals surface area (Å²) in [5, 5.41) is 15.8. The number of carbonyl (C=O) groups is 1. The third kappa shape index (κ3) is 4.61. The molecule has 35 heavy (non-hydrogen) atoms. The second-order valence-corrected chi connectivity index (χ2v) is 8.36. The first-order chi connectivity index (χ1) is 17.0. The number of hydrogen-bond donors (Lipinski definition) is 2. The maximum absolute atomic E-state index is 14.4. The molecule has 0 aliphatic heterocycles. The van der Waals surface area contributed by atoms with Crippen LogP contribution in [0.25, 0.3) is 21.5 Å². The van der Waals surface area contributed by atoms with Crippen LogP contribution in [0.1, 0.15) is 22.3 Å². The summed E-state index contributed by atoms with van der Waals surface area (Å²) in [5.41, 5.74) is 1.46. The number of aromatic nitrogens is 3. The Morgan fingerprint density at radius 1 is 1.31 bits per heavy atom. The third-order valence-electron chi connectivity index (χ3n) is 5.30. The van der Waals surface area contributed by atoms with Gasteiger partial charge in [0.2, 0.25) is 0 Å². The molecule has 1 amide bonds. The molecule has 0 fully saturated rings. The van der Waals surface area contributed by atoms with E-state index in [0.29, 0.717) is 47.4 Å². The number of nitrogens with zero attached hydrogens (tertiary/aromatic N) is 4. The van der Waals surface area contributed by atoms with Gasteiger partial charge in [0.1, 0.15) is 34.7 Å². The molecule has 1 aromatic carbocycles. The van der Waals surface area contributed by atoms with Crippen LogP contribution in [0.3, 0.4) is 0 Å². The number of benzene rings is 1. The van der Waals surface area contributed by atoms with Gasteiger partial charge in [-0.15, -0.1) is 11.3 Å². The molecule has 2 N–H and O–H groups in total. The Bertz CT molecular complexity index is 1420. The van der Waals surface area contributed by atoms with Crippen molar-refractivity contribution >= 4 is 34.0 Å². The lowest BCUT2D eigenvalue weighted by Crippen LogP contribution is -2.17. The number of fused-ring (bicyclic) bond motifs is 1. The second-order valence-electron chi connectivity index (χ2n) is 7.31. The number of thiophene rings is 1. The van der Waals surface area contributed by atoms with E-state index in [1.165, 1.54) is 30.8 Å². The maximum Gasteiger partial charge on any atom is 0.264 e. The molecule has 0 aliphatic rings. The van der Waals surface area contributed by atoms with Crippen molar-refractivity contribution in [3.63, 3.8) is 0 Å². The number of methoxy groups -OCH3 is 1. The first-order valence-corrected chi connectivity index (χ1v) is 11.6. The van der Waals surface area contributed by atoms with E-state index in [4.69, 9.17) is 9.47 Å². The molecule has 0 radical (unpaired) electrons. The van der Waals surface area contributed by atoms with Gasteiger partial charge in [-0.2, -0.15) is 5.26 Å². The van der Waals surface area contributed by atoms with Crippen molar-refractivity contribution in [3.05, 3.63) is 53.0 Å². The van der Waals surface area contributed by atoms with E-state index >= 15 is 0 Å². The van der Waals surface area contributed by atoms with Gasteiger partial charge in [-0.25, -0.2) is 14.4 Å². The highest BCUT2D eigenvalue weighted by Gasteiger charge is 2.21. The number of halogens is 1. The first-order valence-electron chi connectivity index (χ1n) is 10.8. The third-order valence-corrected chi connectivity index (χ3v) is 6.43. The van der Waals surface area contributed by atoms with Crippen LogP contribution < -0.4 is 20.1 Å². The zero-order chi connectivity index (χ0) is 24.9. The molecule has 11 heteroatoms. The molecule has 0 saturated heterocycles. The summed E-state index contributed by atoms with van der Waals surface area (Å²) >= 11 is 1.28. The van der Waals surface area contributed by atoms with Gasteiger partial charge in [-0.3, -0.25) is 4.79 Å². The van der Waals surface area contributed by atoms with Gasteiger partial charge in [-0.05, 0) is 19.1 Å². The van der Waals surface area contributed by atoms with Crippen molar-refractivity contribution in [2.75, 3.05) is 32.6 Å². The molecule has 180 valence electrons. The Kier molecular flexibility index (Phi) is 7.12. The van der Waals surface area contributed by atoms with E-state index in [1.807, 2.05) is 6.92 Å². The summed E-state index contributed by atoms with van der Waals surface area (Å²) in [6, 6.07) is 10.4. The molecule has 4 rings (SSSR count). The van der Waals surface area contributed by atoms with E-state index in [-0.39, 0.29) is 22.7 Å². The predicted molar refractivity (Wildman–Crippen MR) is 132 cm³/mol. The normalized spacial score (nSPS) is 10.7. The van der Waals surface area contributed by atoms with Gasteiger partial charge in [0.15, 0.2) is 11.4 Å². The monoisotopic (exact) mass is 494 g/mol. The van der Waals surface area contributed by atoms with Crippen LogP contribution in [-0.2, 0) is 6.54 Å². The van der Waals surface area contributed by atoms with E-state index < -0.39 is 5.82 Å². The van der Waals surface area contributed by atoms with Gasteiger partial charge in [0.25, 0.3) is 5.91 Å². The molecule has 3 aromatic heterocycles. The molecule has 4 aromatic rings. The zero-order valence-electron chi connectivity index (χ0n) is 19.4. The predicted octanol–water partition coefficient (Wildman–Crippen LogP) is 4.05.